The van der Waals surface area contributed by atoms with Gasteiger partial charge in [0.25, 0.3) is 5.91 Å². The first kappa shape index (κ1) is 15.3. The van der Waals surface area contributed by atoms with Crippen molar-refractivity contribution >= 4 is 21.8 Å². The zero-order valence-corrected chi connectivity index (χ0v) is 13.3. The molecule has 0 spiro atoms. The predicted octanol–water partition coefficient (Wildman–Crippen LogP) is 3.83. The third-order valence-corrected chi connectivity index (χ3v) is 3.20. The molecular weight excluding hydrogens is 292 g/mol. The Morgan fingerprint density at radius 2 is 2.11 bits per heavy atom. The minimum absolute atomic E-state index is 0.0160. The Hall–Kier alpha value is -0.770. The van der Waals surface area contributed by atoms with E-state index in [1.807, 2.05) is 16.8 Å². The third kappa shape index (κ3) is 4.48. The molecule has 4 heteroatoms. The van der Waals surface area contributed by atoms with Crippen LogP contribution in [0.2, 0.25) is 0 Å². The molecule has 102 valence electrons. The molecule has 0 saturated heterocycles. The van der Waals surface area contributed by atoms with Crippen LogP contribution in [0.1, 0.15) is 51.0 Å². The standard InChI is InChI=1S/C14H23BrN2O/c1-5-6-17-9-12(15)8-13(17)14(18)16-11(4)7-10(2)3/h8-11H,5-7H2,1-4H3,(H,16,18). The molecule has 0 saturated carbocycles. The normalized spacial score (nSPS) is 12.8. The summed E-state index contributed by atoms with van der Waals surface area (Å²) in [5.74, 6) is 0.608. The van der Waals surface area contributed by atoms with Crippen molar-refractivity contribution in [3.8, 4) is 0 Å². The van der Waals surface area contributed by atoms with Gasteiger partial charge in [-0.3, -0.25) is 4.79 Å². The van der Waals surface area contributed by atoms with Crippen LogP contribution < -0.4 is 5.32 Å². The maximum Gasteiger partial charge on any atom is 0.268 e. The number of hydrogen-bond acceptors (Lipinski definition) is 1. The number of nitrogens with zero attached hydrogens (tertiary/aromatic N) is 1. The molecule has 1 aromatic rings. The number of aryl methyl sites for hydroxylation is 1. The van der Waals surface area contributed by atoms with E-state index in [4.69, 9.17) is 0 Å². The second-order valence-corrected chi connectivity index (χ2v) is 6.16. The number of halogens is 1. The van der Waals surface area contributed by atoms with E-state index in [1.54, 1.807) is 0 Å². The van der Waals surface area contributed by atoms with E-state index in [2.05, 4.69) is 48.9 Å². The fourth-order valence-corrected chi connectivity index (χ4v) is 2.62. The zero-order valence-electron chi connectivity index (χ0n) is 11.7. The summed E-state index contributed by atoms with van der Waals surface area (Å²) in [7, 11) is 0. The Kier molecular flexibility index (Phi) is 5.93. The molecule has 1 amide bonds. The van der Waals surface area contributed by atoms with Crippen LogP contribution in [0.3, 0.4) is 0 Å². The summed E-state index contributed by atoms with van der Waals surface area (Å²) in [5.41, 5.74) is 0.735. The highest BCUT2D eigenvalue weighted by molar-refractivity contribution is 9.10. The lowest BCUT2D eigenvalue weighted by Gasteiger charge is -2.16. The maximum atomic E-state index is 12.2. The smallest absolute Gasteiger partial charge is 0.268 e. The molecule has 0 aliphatic carbocycles. The van der Waals surface area contributed by atoms with Crippen LogP contribution >= 0.6 is 15.9 Å². The molecule has 3 nitrogen and oxygen atoms in total. The molecule has 18 heavy (non-hydrogen) atoms. The third-order valence-electron chi connectivity index (χ3n) is 2.76. The quantitative estimate of drug-likeness (QED) is 0.850. The average molecular weight is 315 g/mol. The van der Waals surface area contributed by atoms with Gasteiger partial charge in [0.1, 0.15) is 5.69 Å². The van der Waals surface area contributed by atoms with Crippen LogP contribution in [0.25, 0.3) is 0 Å². The van der Waals surface area contributed by atoms with Crippen LogP contribution in [0.4, 0.5) is 0 Å². The second kappa shape index (κ2) is 6.98. The van der Waals surface area contributed by atoms with Crippen molar-refractivity contribution in [2.24, 2.45) is 5.92 Å². The van der Waals surface area contributed by atoms with Crippen LogP contribution in [0, 0.1) is 5.92 Å². The van der Waals surface area contributed by atoms with E-state index in [9.17, 15) is 4.79 Å². The van der Waals surface area contributed by atoms with Gasteiger partial charge in [0.2, 0.25) is 0 Å². The minimum Gasteiger partial charge on any atom is -0.348 e. The number of hydrogen-bond donors (Lipinski definition) is 1. The van der Waals surface area contributed by atoms with Crippen LogP contribution in [-0.4, -0.2) is 16.5 Å². The Bertz CT molecular complexity index is 398. The lowest BCUT2D eigenvalue weighted by Crippen LogP contribution is -2.34. The Labute approximate surface area is 118 Å². The molecule has 1 aromatic heterocycles. The van der Waals surface area contributed by atoms with E-state index < -0.39 is 0 Å². The minimum atomic E-state index is 0.0160. The highest BCUT2D eigenvalue weighted by Crippen LogP contribution is 2.16. The van der Waals surface area contributed by atoms with Crippen molar-refractivity contribution in [1.29, 1.82) is 0 Å². The summed E-state index contributed by atoms with van der Waals surface area (Å²) in [6.07, 6.45) is 3.98. The van der Waals surface area contributed by atoms with Gasteiger partial charge in [0.05, 0.1) is 0 Å². The number of rotatable bonds is 6. The van der Waals surface area contributed by atoms with Crippen LogP contribution in [-0.2, 0) is 6.54 Å². The van der Waals surface area contributed by atoms with Crippen molar-refractivity contribution < 1.29 is 4.79 Å². The van der Waals surface area contributed by atoms with Gasteiger partial charge in [-0.2, -0.15) is 0 Å². The van der Waals surface area contributed by atoms with Gasteiger partial charge in [-0.25, -0.2) is 0 Å². The summed E-state index contributed by atoms with van der Waals surface area (Å²) >= 11 is 3.43. The van der Waals surface area contributed by atoms with Crippen LogP contribution in [0.15, 0.2) is 16.7 Å². The zero-order chi connectivity index (χ0) is 13.7. The Balaban J connectivity index is 2.71. The fraction of sp³-hybridized carbons (Fsp3) is 0.643. The van der Waals surface area contributed by atoms with Crippen molar-refractivity contribution in [2.75, 3.05) is 0 Å². The molecule has 1 rings (SSSR count). The molecule has 1 N–H and O–H groups in total. The van der Waals surface area contributed by atoms with Gasteiger partial charge >= 0.3 is 0 Å². The average Bonchev–Trinajstić information content (AvgIpc) is 2.58. The van der Waals surface area contributed by atoms with Gasteiger partial charge in [0, 0.05) is 23.3 Å². The monoisotopic (exact) mass is 314 g/mol. The molecule has 0 aliphatic heterocycles. The SMILES string of the molecule is CCCn1cc(Br)cc1C(=O)NC(C)CC(C)C. The molecule has 0 aromatic carbocycles. The largest absolute Gasteiger partial charge is 0.348 e. The highest BCUT2D eigenvalue weighted by atomic mass is 79.9. The van der Waals surface area contributed by atoms with Crippen molar-refractivity contribution in [2.45, 2.75) is 53.1 Å². The first-order valence-electron chi connectivity index (χ1n) is 6.60. The lowest BCUT2D eigenvalue weighted by atomic mass is 10.1. The van der Waals surface area contributed by atoms with E-state index in [0.29, 0.717) is 5.92 Å². The summed E-state index contributed by atoms with van der Waals surface area (Å²) in [6, 6.07) is 2.09. The summed E-state index contributed by atoms with van der Waals surface area (Å²) in [5, 5.41) is 3.06. The first-order valence-corrected chi connectivity index (χ1v) is 7.39. The number of aromatic nitrogens is 1. The number of nitrogens with one attached hydrogen (secondary N) is 1. The number of carbonyl (C=O) groups excluding carboxylic acids is 1. The second-order valence-electron chi connectivity index (χ2n) is 5.24. The topological polar surface area (TPSA) is 34.0 Å². The molecule has 1 heterocycles. The van der Waals surface area contributed by atoms with E-state index >= 15 is 0 Å². The molecule has 1 unspecified atom stereocenters. The molecule has 0 bridgehead atoms. The summed E-state index contributed by atoms with van der Waals surface area (Å²) in [6.45, 7) is 9.36. The van der Waals surface area contributed by atoms with E-state index in [1.165, 1.54) is 0 Å². The summed E-state index contributed by atoms with van der Waals surface area (Å²) < 4.78 is 2.96. The van der Waals surface area contributed by atoms with Gasteiger partial charge in [-0.15, -0.1) is 0 Å². The number of carbonyl (C=O) groups is 1. The first-order chi connectivity index (χ1) is 8.43. The van der Waals surface area contributed by atoms with Crippen molar-refractivity contribution in [3.63, 3.8) is 0 Å². The van der Waals surface area contributed by atoms with Gasteiger partial charge in [0.15, 0.2) is 0 Å². The van der Waals surface area contributed by atoms with E-state index in [0.717, 1.165) is 29.6 Å². The molecular formula is C14H23BrN2O. The molecule has 1 atom stereocenters. The van der Waals surface area contributed by atoms with Gasteiger partial charge in [-0.1, -0.05) is 20.8 Å². The lowest BCUT2D eigenvalue weighted by molar-refractivity contribution is 0.0926. The van der Waals surface area contributed by atoms with Crippen LogP contribution in [0.5, 0.6) is 0 Å². The fourth-order valence-electron chi connectivity index (χ4n) is 2.15. The van der Waals surface area contributed by atoms with Crippen molar-refractivity contribution in [1.82, 2.24) is 9.88 Å². The van der Waals surface area contributed by atoms with Gasteiger partial charge in [-0.05, 0) is 47.7 Å². The Morgan fingerprint density at radius 3 is 2.67 bits per heavy atom. The van der Waals surface area contributed by atoms with Crippen molar-refractivity contribution in [3.05, 3.63) is 22.4 Å². The molecule has 0 aliphatic rings. The predicted molar refractivity (Wildman–Crippen MR) is 78.8 cm³/mol. The maximum absolute atomic E-state index is 12.2. The van der Waals surface area contributed by atoms with E-state index in [-0.39, 0.29) is 11.9 Å². The number of amides is 1. The summed E-state index contributed by atoms with van der Waals surface area (Å²) in [4.78, 5) is 12.2. The highest BCUT2D eigenvalue weighted by Gasteiger charge is 2.15. The molecule has 0 radical (unpaired) electrons. The molecule has 0 fully saturated rings. The Morgan fingerprint density at radius 1 is 1.44 bits per heavy atom. The van der Waals surface area contributed by atoms with Gasteiger partial charge < -0.3 is 9.88 Å².